The molecule has 4 amide bonds. The molecule has 9 heteroatoms. The molecule has 0 fully saturated rings. The Bertz CT molecular complexity index is 1420. The SMILES string of the molecule is Cc1cccc(OCCCCN2C(=O)COc3ccc(NC(=O)C(C)N4C(=O)c5ccccc5C4=O)cc32)c1. The summed E-state index contributed by atoms with van der Waals surface area (Å²) in [5, 5.41) is 2.77. The lowest BCUT2D eigenvalue weighted by molar-refractivity contribution is -0.121. The summed E-state index contributed by atoms with van der Waals surface area (Å²) >= 11 is 0. The molecule has 0 saturated heterocycles. The van der Waals surface area contributed by atoms with E-state index < -0.39 is 23.8 Å². The second kappa shape index (κ2) is 11.0. The van der Waals surface area contributed by atoms with Crippen molar-refractivity contribution in [1.29, 1.82) is 0 Å². The van der Waals surface area contributed by atoms with Crippen molar-refractivity contribution in [2.24, 2.45) is 0 Å². The van der Waals surface area contributed by atoms with Crippen LogP contribution in [0.15, 0.2) is 66.7 Å². The van der Waals surface area contributed by atoms with E-state index in [-0.39, 0.29) is 23.6 Å². The average molecular weight is 528 g/mol. The lowest BCUT2D eigenvalue weighted by atomic mass is 10.1. The molecule has 0 spiro atoms. The van der Waals surface area contributed by atoms with Gasteiger partial charge >= 0.3 is 0 Å². The normalized spacial score (nSPS) is 15.0. The number of fused-ring (bicyclic) bond motifs is 2. The van der Waals surface area contributed by atoms with Crippen LogP contribution in [0.3, 0.4) is 0 Å². The standard InChI is InChI=1S/C30H29N3O6/c1-19-8-7-9-22(16-19)38-15-6-5-14-32-25-17-21(12-13-26(25)39-18-27(32)34)31-28(35)20(2)33-29(36)23-10-3-4-11-24(23)30(33)37/h3-4,7-13,16-17,20H,5-6,14-15,18H2,1-2H3,(H,31,35). The smallest absolute Gasteiger partial charge is 0.265 e. The van der Waals surface area contributed by atoms with Crippen LogP contribution in [0, 0.1) is 6.92 Å². The van der Waals surface area contributed by atoms with Crippen LogP contribution in [-0.4, -0.2) is 54.3 Å². The van der Waals surface area contributed by atoms with Gasteiger partial charge in [0, 0.05) is 12.2 Å². The van der Waals surface area contributed by atoms with Gasteiger partial charge < -0.3 is 19.7 Å². The minimum atomic E-state index is -1.03. The third kappa shape index (κ3) is 5.34. The largest absolute Gasteiger partial charge is 0.494 e. The van der Waals surface area contributed by atoms with Crippen molar-refractivity contribution in [1.82, 2.24) is 4.90 Å². The van der Waals surface area contributed by atoms with Crippen molar-refractivity contribution in [3.8, 4) is 11.5 Å². The summed E-state index contributed by atoms with van der Waals surface area (Å²) in [6, 6.07) is 18.4. The van der Waals surface area contributed by atoms with Gasteiger partial charge in [-0.2, -0.15) is 0 Å². The fourth-order valence-electron chi connectivity index (χ4n) is 4.72. The van der Waals surface area contributed by atoms with Gasteiger partial charge in [-0.1, -0.05) is 24.3 Å². The van der Waals surface area contributed by atoms with Gasteiger partial charge in [0.15, 0.2) is 6.61 Å². The van der Waals surface area contributed by atoms with Gasteiger partial charge in [0.2, 0.25) is 5.91 Å². The van der Waals surface area contributed by atoms with Crippen LogP contribution in [0.5, 0.6) is 11.5 Å². The highest BCUT2D eigenvalue weighted by atomic mass is 16.5. The fraction of sp³-hybridized carbons (Fsp3) is 0.267. The maximum atomic E-state index is 13.1. The van der Waals surface area contributed by atoms with Gasteiger partial charge in [0.25, 0.3) is 17.7 Å². The molecule has 39 heavy (non-hydrogen) atoms. The van der Waals surface area contributed by atoms with Gasteiger partial charge in [-0.05, 0) is 74.7 Å². The number of benzene rings is 3. The van der Waals surface area contributed by atoms with Crippen molar-refractivity contribution < 1.29 is 28.7 Å². The summed E-state index contributed by atoms with van der Waals surface area (Å²) in [5.74, 6) is -0.339. The lowest BCUT2D eigenvalue weighted by Gasteiger charge is -2.30. The van der Waals surface area contributed by atoms with E-state index in [1.165, 1.54) is 6.92 Å². The van der Waals surface area contributed by atoms with Gasteiger partial charge in [0.05, 0.1) is 23.4 Å². The Balaban J connectivity index is 1.22. The summed E-state index contributed by atoms with van der Waals surface area (Å²) in [6.07, 6.45) is 1.46. The maximum Gasteiger partial charge on any atom is 0.265 e. The summed E-state index contributed by atoms with van der Waals surface area (Å²) in [6.45, 7) is 4.45. The molecule has 0 saturated carbocycles. The highest BCUT2D eigenvalue weighted by Crippen LogP contribution is 2.35. The number of aryl methyl sites for hydroxylation is 1. The van der Waals surface area contributed by atoms with E-state index in [1.54, 1.807) is 47.4 Å². The van der Waals surface area contributed by atoms with Crippen LogP contribution in [0.25, 0.3) is 0 Å². The van der Waals surface area contributed by atoms with E-state index >= 15 is 0 Å². The first-order chi connectivity index (χ1) is 18.8. The Kier molecular flexibility index (Phi) is 7.31. The number of hydrogen-bond donors (Lipinski definition) is 1. The Morgan fingerprint density at radius 2 is 1.72 bits per heavy atom. The second-order valence-corrected chi connectivity index (χ2v) is 9.58. The monoisotopic (exact) mass is 527 g/mol. The van der Waals surface area contributed by atoms with Crippen LogP contribution in [0.2, 0.25) is 0 Å². The van der Waals surface area contributed by atoms with Crippen LogP contribution in [-0.2, 0) is 9.59 Å². The number of amides is 4. The zero-order chi connectivity index (χ0) is 27.5. The van der Waals surface area contributed by atoms with Gasteiger partial charge in [0.1, 0.15) is 17.5 Å². The van der Waals surface area contributed by atoms with E-state index in [1.807, 2.05) is 31.2 Å². The van der Waals surface area contributed by atoms with E-state index in [2.05, 4.69) is 5.32 Å². The van der Waals surface area contributed by atoms with Gasteiger partial charge in [-0.15, -0.1) is 0 Å². The number of unbranched alkanes of at least 4 members (excludes halogenated alkanes) is 1. The molecule has 1 unspecified atom stereocenters. The van der Waals surface area contributed by atoms with Crippen LogP contribution in [0.4, 0.5) is 11.4 Å². The first-order valence-electron chi connectivity index (χ1n) is 12.9. The molecule has 2 aliphatic rings. The number of ether oxygens (including phenoxy) is 2. The fourth-order valence-corrected chi connectivity index (χ4v) is 4.72. The molecule has 1 atom stereocenters. The highest BCUT2D eigenvalue weighted by Gasteiger charge is 2.40. The third-order valence-corrected chi connectivity index (χ3v) is 6.80. The number of nitrogens with zero attached hydrogens (tertiary/aromatic N) is 2. The highest BCUT2D eigenvalue weighted by molar-refractivity contribution is 6.23. The predicted octanol–water partition coefficient (Wildman–Crippen LogP) is 4.20. The molecular formula is C30H29N3O6. The zero-order valence-corrected chi connectivity index (χ0v) is 21.8. The second-order valence-electron chi connectivity index (χ2n) is 9.58. The quantitative estimate of drug-likeness (QED) is 0.330. The number of hydrogen-bond acceptors (Lipinski definition) is 6. The Hall–Kier alpha value is -4.66. The zero-order valence-electron chi connectivity index (χ0n) is 21.8. The van der Waals surface area contributed by atoms with Crippen molar-refractivity contribution >= 4 is 35.0 Å². The molecular weight excluding hydrogens is 498 g/mol. The average Bonchev–Trinajstić information content (AvgIpc) is 3.18. The van der Waals surface area contributed by atoms with E-state index in [9.17, 15) is 19.2 Å². The van der Waals surface area contributed by atoms with Crippen molar-refractivity contribution in [3.05, 3.63) is 83.4 Å². The number of carbonyl (C=O) groups is 4. The molecule has 3 aromatic carbocycles. The Morgan fingerprint density at radius 3 is 2.44 bits per heavy atom. The number of anilines is 2. The van der Waals surface area contributed by atoms with Crippen molar-refractivity contribution in [3.63, 3.8) is 0 Å². The van der Waals surface area contributed by atoms with Gasteiger partial charge in [-0.25, -0.2) is 0 Å². The van der Waals surface area contributed by atoms with E-state index in [0.29, 0.717) is 36.7 Å². The summed E-state index contributed by atoms with van der Waals surface area (Å²) in [5.41, 5.74) is 2.67. The summed E-state index contributed by atoms with van der Waals surface area (Å²) < 4.78 is 11.4. The molecule has 0 aliphatic carbocycles. The molecule has 1 N–H and O–H groups in total. The minimum absolute atomic E-state index is 0.0602. The number of nitrogens with one attached hydrogen (secondary N) is 1. The lowest BCUT2D eigenvalue weighted by Crippen LogP contribution is -2.45. The first kappa shape index (κ1) is 26.0. The van der Waals surface area contributed by atoms with Crippen molar-refractivity contribution in [2.75, 3.05) is 30.0 Å². The van der Waals surface area contributed by atoms with Crippen molar-refractivity contribution in [2.45, 2.75) is 32.7 Å². The van der Waals surface area contributed by atoms with E-state index in [4.69, 9.17) is 9.47 Å². The summed E-state index contributed by atoms with van der Waals surface area (Å²) in [7, 11) is 0. The Labute approximate surface area is 226 Å². The summed E-state index contributed by atoms with van der Waals surface area (Å²) in [4.78, 5) is 53.9. The topological polar surface area (TPSA) is 105 Å². The van der Waals surface area contributed by atoms with Crippen LogP contribution < -0.4 is 19.7 Å². The molecule has 200 valence electrons. The molecule has 2 heterocycles. The third-order valence-electron chi connectivity index (χ3n) is 6.80. The van der Waals surface area contributed by atoms with Gasteiger partial charge in [-0.3, -0.25) is 24.1 Å². The number of imide groups is 1. The Morgan fingerprint density at radius 1 is 0.974 bits per heavy atom. The van der Waals surface area contributed by atoms with Crippen LogP contribution in [0.1, 0.15) is 46.0 Å². The predicted molar refractivity (Wildman–Crippen MR) is 145 cm³/mol. The van der Waals surface area contributed by atoms with Crippen LogP contribution >= 0.6 is 0 Å². The molecule has 9 nitrogen and oxygen atoms in total. The molecule has 5 rings (SSSR count). The number of rotatable bonds is 9. The molecule has 0 radical (unpaired) electrons. The number of carbonyl (C=O) groups excluding carboxylic acids is 4. The molecule has 0 bridgehead atoms. The molecule has 0 aromatic heterocycles. The molecule has 3 aromatic rings. The first-order valence-corrected chi connectivity index (χ1v) is 12.9. The minimum Gasteiger partial charge on any atom is -0.494 e. The van der Waals surface area contributed by atoms with E-state index in [0.717, 1.165) is 22.6 Å². The molecule has 2 aliphatic heterocycles. The maximum absolute atomic E-state index is 13.1.